The Hall–Kier alpha value is -2.50. The molecule has 0 aliphatic heterocycles. The van der Waals surface area contributed by atoms with E-state index in [9.17, 15) is 9.18 Å². The van der Waals surface area contributed by atoms with E-state index >= 15 is 0 Å². The average molecular weight is 230 g/mol. The first-order valence-corrected chi connectivity index (χ1v) is 4.93. The largest absolute Gasteiger partial charge is 0.275 e. The fourth-order valence-corrected chi connectivity index (χ4v) is 1.66. The molecule has 0 aliphatic carbocycles. The molecule has 0 radical (unpaired) electrons. The molecule has 0 amide bonds. The van der Waals surface area contributed by atoms with Gasteiger partial charge in [-0.3, -0.25) is 4.79 Å². The van der Waals surface area contributed by atoms with Crippen molar-refractivity contribution in [1.29, 1.82) is 0 Å². The van der Waals surface area contributed by atoms with E-state index in [0.29, 0.717) is 16.6 Å². The molecule has 0 aliphatic rings. The summed E-state index contributed by atoms with van der Waals surface area (Å²) in [5.74, 6) is -0.318. The third-order valence-electron chi connectivity index (χ3n) is 2.48. The molecule has 2 aromatic heterocycles. The summed E-state index contributed by atoms with van der Waals surface area (Å²) in [5, 5.41) is 10.6. The standard InChI is InChI=1S/C11H7FN4O/c12-7-1-3-8(4-2-7)16-10-6-13-15-11(17)9(10)5-14-16/h1-6H,(H,15,17). The third kappa shape index (κ3) is 1.50. The molecule has 6 heteroatoms. The van der Waals surface area contributed by atoms with Crippen molar-refractivity contribution in [1.82, 2.24) is 20.0 Å². The SMILES string of the molecule is O=c1[nH]ncc2c1cnn2-c1ccc(F)cc1. The van der Waals surface area contributed by atoms with E-state index in [4.69, 9.17) is 0 Å². The van der Waals surface area contributed by atoms with Gasteiger partial charge in [-0.25, -0.2) is 14.2 Å². The third-order valence-corrected chi connectivity index (χ3v) is 2.48. The first-order valence-electron chi connectivity index (χ1n) is 4.93. The molecule has 3 rings (SSSR count). The van der Waals surface area contributed by atoms with Crippen molar-refractivity contribution in [3.8, 4) is 5.69 Å². The minimum absolute atomic E-state index is 0.295. The molecule has 0 spiro atoms. The van der Waals surface area contributed by atoms with Gasteiger partial charge in [-0.1, -0.05) is 0 Å². The highest BCUT2D eigenvalue weighted by atomic mass is 19.1. The van der Waals surface area contributed by atoms with Gasteiger partial charge in [0.25, 0.3) is 5.56 Å². The minimum Gasteiger partial charge on any atom is -0.267 e. The van der Waals surface area contributed by atoms with Crippen LogP contribution in [0.3, 0.4) is 0 Å². The van der Waals surface area contributed by atoms with Gasteiger partial charge in [0, 0.05) is 0 Å². The predicted octanol–water partition coefficient (Wildman–Crippen LogP) is 1.25. The van der Waals surface area contributed by atoms with Crippen LogP contribution in [0.5, 0.6) is 0 Å². The molecule has 0 fully saturated rings. The molecule has 1 aromatic carbocycles. The number of rotatable bonds is 1. The summed E-state index contributed by atoms with van der Waals surface area (Å²) in [5.41, 5.74) is 0.963. The second-order valence-corrected chi connectivity index (χ2v) is 3.53. The first kappa shape index (κ1) is 9.71. The van der Waals surface area contributed by atoms with Crippen molar-refractivity contribution in [3.05, 3.63) is 52.8 Å². The highest BCUT2D eigenvalue weighted by Crippen LogP contribution is 2.14. The van der Waals surface area contributed by atoms with E-state index in [1.54, 1.807) is 12.1 Å². The summed E-state index contributed by atoms with van der Waals surface area (Å²) in [4.78, 5) is 11.4. The smallest absolute Gasteiger partial charge is 0.267 e. The fraction of sp³-hybridized carbons (Fsp3) is 0. The van der Waals surface area contributed by atoms with Crippen LogP contribution in [-0.4, -0.2) is 20.0 Å². The first-order chi connectivity index (χ1) is 8.25. The van der Waals surface area contributed by atoms with E-state index in [0.717, 1.165) is 0 Å². The van der Waals surface area contributed by atoms with E-state index in [1.807, 2.05) is 0 Å². The quantitative estimate of drug-likeness (QED) is 0.684. The van der Waals surface area contributed by atoms with E-state index in [-0.39, 0.29) is 11.4 Å². The summed E-state index contributed by atoms with van der Waals surface area (Å²) >= 11 is 0. The van der Waals surface area contributed by atoms with Crippen LogP contribution >= 0.6 is 0 Å². The van der Waals surface area contributed by atoms with E-state index in [2.05, 4.69) is 15.3 Å². The van der Waals surface area contributed by atoms with Gasteiger partial charge in [0.1, 0.15) is 5.82 Å². The predicted molar refractivity (Wildman–Crippen MR) is 59.4 cm³/mol. The Morgan fingerprint density at radius 1 is 1.18 bits per heavy atom. The van der Waals surface area contributed by atoms with Crippen molar-refractivity contribution in [2.45, 2.75) is 0 Å². The van der Waals surface area contributed by atoms with Crippen LogP contribution in [0.2, 0.25) is 0 Å². The van der Waals surface area contributed by atoms with Crippen LogP contribution in [0.1, 0.15) is 0 Å². The van der Waals surface area contributed by atoms with Gasteiger partial charge < -0.3 is 0 Å². The number of halogens is 1. The molecule has 84 valence electrons. The number of nitrogens with one attached hydrogen (secondary N) is 1. The molecule has 0 unspecified atom stereocenters. The Morgan fingerprint density at radius 2 is 1.94 bits per heavy atom. The molecule has 0 saturated heterocycles. The lowest BCUT2D eigenvalue weighted by Gasteiger charge is -2.02. The lowest BCUT2D eigenvalue weighted by molar-refractivity contribution is 0.627. The number of aromatic nitrogens is 4. The number of benzene rings is 1. The zero-order chi connectivity index (χ0) is 11.8. The normalized spacial score (nSPS) is 10.9. The maximum Gasteiger partial charge on any atom is 0.275 e. The second-order valence-electron chi connectivity index (χ2n) is 3.53. The maximum absolute atomic E-state index is 12.8. The Labute approximate surface area is 94.5 Å². The van der Waals surface area contributed by atoms with Crippen molar-refractivity contribution >= 4 is 10.9 Å². The maximum atomic E-state index is 12.8. The van der Waals surface area contributed by atoms with E-state index < -0.39 is 0 Å². The minimum atomic E-state index is -0.318. The number of H-pyrrole nitrogens is 1. The molecule has 1 N–H and O–H groups in total. The molecule has 17 heavy (non-hydrogen) atoms. The summed E-state index contributed by atoms with van der Waals surface area (Å²) in [6.07, 6.45) is 2.96. The molecule has 2 heterocycles. The number of aromatic amines is 1. The summed E-state index contributed by atoms with van der Waals surface area (Å²) in [6.45, 7) is 0. The van der Waals surface area contributed by atoms with Crippen LogP contribution in [0.4, 0.5) is 4.39 Å². The Morgan fingerprint density at radius 3 is 2.71 bits per heavy atom. The highest BCUT2D eigenvalue weighted by Gasteiger charge is 2.07. The molecule has 3 aromatic rings. The summed E-state index contributed by atoms with van der Waals surface area (Å²) < 4.78 is 14.3. The van der Waals surface area contributed by atoms with Crippen molar-refractivity contribution in [3.63, 3.8) is 0 Å². The van der Waals surface area contributed by atoms with Gasteiger partial charge in [0.2, 0.25) is 0 Å². The summed E-state index contributed by atoms with van der Waals surface area (Å²) in [6, 6.07) is 5.85. The van der Waals surface area contributed by atoms with Gasteiger partial charge in [-0.15, -0.1) is 0 Å². The Kier molecular flexibility index (Phi) is 2.01. The van der Waals surface area contributed by atoms with Crippen LogP contribution in [0.25, 0.3) is 16.6 Å². The molecular weight excluding hydrogens is 223 g/mol. The van der Waals surface area contributed by atoms with Crippen LogP contribution in [-0.2, 0) is 0 Å². The average Bonchev–Trinajstić information content (AvgIpc) is 2.75. The monoisotopic (exact) mass is 230 g/mol. The van der Waals surface area contributed by atoms with Crippen molar-refractivity contribution in [2.24, 2.45) is 0 Å². The molecule has 0 bridgehead atoms. The zero-order valence-electron chi connectivity index (χ0n) is 8.59. The number of hydrogen-bond donors (Lipinski definition) is 1. The fourth-order valence-electron chi connectivity index (χ4n) is 1.66. The number of nitrogens with zero attached hydrogens (tertiary/aromatic N) is 3. The van der Waals surface area contributed by atoms with Crippen LogP contribution in [0.15, 0.2) is 41.5 Å². The zero-order valence-corrected chi connectivity index (χ0v) is 8.59. The number of hydrogen-bond acceptors (Lipinski definition) is 3. The highest BCUT2D eigenvalue weighted by molar-refractivity contribution is 5.77. The van der Waals surface area contributed by atoms with E-state index in [1.165, 1.54) is 29.2 Å². The summed E-state index contributed by atoms with van der Waals surface area (Å²) in [7, 11) is 0. The molecular formula is C11H7FN4O. The van der Waals surface area contributed by atoms with Gasteiger partial charge >= 0.3 is 0 Å². The number of fused-ring (bicyclic) bond motifs is 1. The van der Waals surface area contributed by atoms with Gasteiger partial charge in [-0.05, 0) is 24.3 Å². The van der Waals surface area contributed by atoms with Gasteiger partial charge in [-0.2, -0.15) is 10.2 Å². The van der Waals surface area contributed by atoms with Crippen LogP contribution < -0.4 is 5.56 Å². The lowest BCUT2D eigenvalue weighted by Crippen LogP contribution is -2.07. The molecule has 5 nitrogen and oxygen atoms in total. The van der Waals surface area contributed by atoms with Crippen molar-refractivity contribution < 1.29 is 4.39 Å². The topological polar surface area (TPSA) is 63.6 Å². The second kappa shape index (κ2) is 3.51. The molecule has 0 saturated carbocycles. The Balaban J connectivity index is 2.28. The van der Waals surface area contributed by atoms with Gasteiger partial charge in [0.15, 0.2) is 0 Å². The Bertz CT molecular complexity index is 729. The van der Waals surface area contributed by atoms with Gasteiger partial charge in [0.05, 0.1) is 29.0 Å². The molecule has 0 atom stereocenters. The lowest BCUT2D eigenvalue weighted by atomic mass is 10.3. The van der Waals surface area contributed by atoms with Crippen LogP contribution in [0, 0.1) is 5.82 Å². The van der Waals surface area contributed by atoms with Crippen molar-refractivity contribution in [2.75, 3.05) is 0 Å².